The van der Waals surface area contributed by atoms with E-state index >= 15 is 0 Å². The summed E-state index contributed by atoms with van der Waals surface area (Å²) >= 11 is 0. The zero-order chi connectivity index (χ0) is 14.9. The van der Waals surface area contributed by atoms with E-state index in [0.717, 1.165) is 24.5 Å². The van der Waals surface area contributed by atoms with Crippen LogP contribution in [0.25, 0.3) is 0 Å². The average molecular weight is 286 g/mol. The first-order valence-corrected chi connectivity index (χ1v) is 7.61. The smallest absolute Gasteiger partial charge is 0.174 e. The molecule has 2 aliphatic rings. The lowest BCUT2D eigenvalue weighted by Gasteiger charge is -2.60. The largest absolute Gasteiger partial charge is 0.479 e. The second-order valence-electron chi connectivity index (χ2n) is 6.51. The van der Waals surface area contributed by atoms with Gasteiger partial charge in [-0.25, -0.2) is 0 Å². The molecular formula is C17H22N2O2. The quantitative estimate of drug-likeness (QED) is 0.923. The minimum absolute atomic E-state index is 0.0868. The number of hydrogen-bond acceptors (Lipinski definition) is 4. The molecule has 0 amide bonds. The molecule has 3 rings (SSSR count). The summed E-state index contributed by atoms with van der Waals surface area (Å²) < 4.78 is 11.2. The van der Waals surface area contributed by atoms with Crippen molar-refractivity contribution in [3.05, 3.63) is 24.3 Å². The van der Waals surface area contributed by atoms with E-state index in [1.165, 1.54) is 6.42 Å². The summed E-state index contributed by atoms with van der Waals surface area (Å²) in [5.74, 6) is 1.34. The third-order valence-electron chi connectivity index (χ3n) is 4.81. The van der Waals surface area contributed by atoms with Crippen molar-refractivity contribution in [2.45, 2.75) is 38.8 Å². The van der Waals surface area contributed by atoms with Gasteiger partial charge in [-0.2, -0.15) is 5.26 Å². The lowest BCUT2D eigenvalue weighted by atomic mass is 9.55. The zero-order valence-electron chi connectivity index (χ0n) is 12.6. The number of fused-ring (bicyclic) bond motifs is 1. The predicted molar refractivity (Wildman–Crippen MR) is 81.2 cm³/mol. The first-order chi connectivity index (χ1) is 10.1. The topological polar surface area (TPSA) is 54.3 Å². The van der Waals surface area contributed by atoms with E-state index in [1.807, 2.05) is 30.3 Å². The fourth-order valence-electron chi connectivity index (χ4n) is 3.76. The van der Waals surface area contributed by atoms with E-state index in [0.29, 0.717) is 18.1 Å². The standard InChI is InChI=1S/C17H22N2O2/c1-17(2)15(14-4-3-10-21-16(14)17)19-12-5-7-13(8-6-12)20-11-9-18/h5-8,14-16,19H,3-4,10-11H2,1-2H3. The third-order valence-corrected chi connectivity index (χ3v) is 4.81. The van der Waals surface area contributed by atoms with Crippen molar-refractivity contribution >= 4 is 5.69 Å². The molecule has 0 aromatic heterocycles. The minimum atomic E-state index is 0.0868. The summed E-state index contributed by atoms with van der Waals surface area (Å²) in [7, 11) is 0. The summed E-state index contributed by atoms with van der Waals surface area (Å²) in [5.41, 5.74) is 1.27. The van der Waals surface area contributed by atoms with Gasteiger partial charge in [-0.15, -0.1) is 0 Å². The Bertz CT molecular complexity index is 533. The SMILES string of the molecule is CC1(C)C(Nc2ccc(OCC#N)cc2)C2CCCOC21. The molecule has 3 atom stereocenters. The highest BCUT2D eigenvalue weighted by Gasteiger charge is 2.57. The van der Waals surface area contributed by atoms with Gasteiger partial charge in [0.1, 0.15) is 11.8 Å². The Hall–Kier alpha value is -1.73. The molecule has 4 nitrogen and oxygen atoms in total. The molecule has 4 heteroatoms. The van der Waals surface area contributed by atoms with Gasteiger partial charge in [0.05, 0.1) is 6.10 Å². The Morgan fingerprint density at radius 2 is 2.14 bits per heavy atom. The van der Waals surface area contributed by atoms with E-state index in [9.17, 15) is 0 Å². The number of nitrogens with zero attached hydrogens (tertiary/aromatic N) is 1. The number of hydrogen-bond donors (Lipinski definition) is 1. The van der Waals surface area contributed by atoms with E-state index < -0.39 is 0 Å². The number of benzene rings is 1. The summed E-state index contributed by atoms with van der Waals surface area (Å²) in [6.45, 7) is 5.55. The Labute approximate surface area is 126 Å². The molecule has 2 fully saturated rings. The number of nitriles is 1. The fraction of sp³-hybridized carbons (Fsp3) is 0.588. The lowest BCUT2D eigenvalue weighted by molar-refractivity contribution is -0.177. The van der Waals surface area contributed by atoms with Crippen molar-refractivity contribution in [3.8, 4) is 11.8 Å². The molecule has 0 radical (unpaired) electrons. The van der Waals surface area contributed by atoms with E-state index in [-0.39, 0.29) is 12.0 Å². The zero-order valence-corrected chi connectivity index (χ0v) is 12.6. The number of ether oxygens (including phenoxy) is 2. The highest BCUT2D eigenvalue weighted by Crippen LogP contribution is 2.52. The molecule has 1 aromatic carbocycles. The first kappa shape index (κ1) is 14.2. The number of nitrogens with one attached hydrogen (secondary N) is 1. The summed E-state index contributed by atoms with van der Waals surface area (Å²) in [4.78, 5) is 0. The van der Waals surface area contributed by atoms with Crippen LogP contribution < -0.4 is 10.1 Å². The van der Waals surface area contributed by atoms with Gasteiger partial charge < -0.3 is 14.8 Å². The van der Waals surface area contributed by atoms with Gasteiger partial charge >= 0.3 is 0 Å². The second kappa shape index (κ2) is 5.57. The van der Waals surface area contributed by atoms with Crippen molar-refractivity contribution in [3.63, 3.8) is 0 Å². The van der Waals surface area contributed by atoms with Crippen molar-refractivity contribution in [2.24, 2.45) is 11.3 Å². The van der Waals surface area contributed by atoms with Crippen molar-refractivity contribution in [1.29, 1.82) is 5.26 Å². The van der Waals surface area contributed by atoms with E-state index in [4.69, 9.17) is 14.7 Å². The van der Waals surface area contributed by atoms with E-state index in [1.54, 1.807) is 0 Å². The fourth-order valence-corrected chi connectivity index (χ4v) is 3.76. The van der Waals surface area contributed by atoms with Crippen LogP contribution in [0.1, 0.15) is 26.7 Å². The van der Waals surface area contributed by atoms with Crippen molar-refractivity contribution in [2.75, 3.05) is 18.5 Å². The van der Waals surface area contributed by atoms with Gasteiger partial charge in [-0.05, 0) is 37.1 Å². The first-order valence-electron chi connectivity index (χ1n) is 7.61. The number of rotatable bonds is 4. The molecule has 1 N–H and O–H groups in total. The normalized spacial score (nSPS) is 29.7. The summed E-state index contributed by atoms with van der Waals surface area (Å²) in [6.07, 6.45) is 2.80. The molecule has 112 valence electrons. The molecule has 21 heavy (non-hydrogen) atoms. The highest BCUT2D eigenvalue weighted by atomic mass is 16.5. The highest BCUT2D eigenvalue weighted by molar-refractivity contribution is 5.48. The average Bonchev–Trinajstić information content (AvgIpc) is 2.51. The van der Waals surface area contributed by atoms with Gasteiger partial charge in [0.15, 0.2) is 6.61 Å². The van der Waals surface area contributed by atoms with Crippen LogP contribution in [0.5, 0.6) is 5.75 Å². The molecule has 1 saturated carbocycles. The molecular weight excluding hydrogens is 264 g/mol. The Balaban J connectivity index is 1.65. The molecule has 1 aliphatic carbocycles. The number of anilines is 1. The molecule has 3 unspecified atom stereocenters. The second-order valence-corrected chi connectivity index (χ2v) is 6.51. The van der Waals surface area contributed by atoms with E-state index in [2.05, 4.69) is 19.2 Å². The Morgan fingerprint density at radius 3 is 2.86 bits per heavy atom. The molecule has 1 aliphatic heterocycles. The Kier molecular flexibility index (Phi) is 3.77. The molecule has 1 aromatic rings. The molecule has 0 bridgehead atoms. The van der Waals surface area contributed by atoms with Crippen LogP contribution in [0.4, 0.5) is 5.69 Å². The third kappa shape index (κ3) is 2.58. The van der Waals surface area contributed by atoms with Crippen LogP contribution in [-0.2, 0) is 4.74 Å². The van der Waals surface area contributed by atoms with Crippen LogP contribution >= 0.6 is 0 Å². The van der Waals surface area contributed by atoms with Crippen LogP contribution in [0, 0.1) is 22.7 Å². The Morgan fingerprint density at radius 1 is 1.38 bits per heavy atom. The summed E-state index contributed by atoms with van der Waals surface area (Å²) in [6, 6.07) is 10.3. The summed E-state index contributed by atoms with van der Waals surface area (Å²) in [5, 5.41) is 12.2. The minimum Gasteiger partial charge on any atom is -0.479 e. The van der Waals surface area contributed by atoms with Crippen molar-refractivity contribution in [1.82, 2.24) is 0 Å². The van der Waals surface area contributed by atoms with Gasteiger partial charge in [0.25, 0.3) is 0 Å². The van der Waals surface area contributed by atoms with Crippen LogP contribution in [0.2, 0.25) is 0 Å². The van der Waals surface area contributed by atoms with Crippen LogP contribution in [0.15, 0.2) is 24.3 Å². The van der Waals surface area contributed by atoms with Crippen LogP contribution in [0.3, 0.4) is 0 Å². The maximum absolute atomic E-state index is 8.51. The molecule has 0 spiro atoms. The maximum atomic E-state index is 8.51. The van der Waals surface area contributed by atoms with Gasteiger partial charge in [0, 0.05) is 29.7 Å². The molecule has 1 heterocycles. The van der Waals surface area contributed by atoms with Gasteiger partial charge in [-0.1, -0.05) is 13.8 Å². The predicted octanol–water partition coefficient (Wildman–Crippen LogP) is 3.20. The van der Waals surface area contributed by atoms with Crippen LogP contribution in [-0.4, -0.2) is 25.4 Å². The monoisotopic (exact) mass is 286 g/mol. The van der Waals surface area contributed by atoms with Gasteiger partial charge in [-0.3, -0.25) is 0 Å². The van der Waals surface area contributed by atoms with Crippen molar-refractivity contribution < 1.29 is 9.47 Å². The van der Waals surface area contributed by atoms with Gasteiger partial charge in [0.2, 0.25) is 0 Å². The lowest BCUT2D eigenvalue weighted by Crippen LogP contribution is -2.67. The maximum Gasteiger partial charge on any atom is 0.174 e. The molecule has 1 saturated heterocycles.